The SMILES string of the molecule is COC(=N)c1ccc2nc(C)[nH]c2c1. The number of aromatic amines is 1. The van der Waals surface area contributed by atoms with E-state index in [0.717, 1.165) is 22.4 Å². The van der Waals surface area contributed by atoms with E-state index in [9.17, 15) is 0 Å². The van der Waals surface area contributed by atoms with E-state index in [1.807, 2.05) is 25.1 Å². The zero-order valence-corrected chi connectivity index (χ0v) is 8.09. The summed E-state index contributed by atoms with van der Waals surface area (Å²) < 4.78 is 4.84. The predicted molar refractivity (Wildman–Crippen MR) is 54.7 cm³/mol. The summed E-state index contributed by atoms with van der Waals surface area (Å²) >= 11 is 0. The number of aryl methyl sites for hydroxylation is 1. The number of rotatable bonds is 1. The van der Waals surface area contributed by atoms with Crippen molar-refractivity contribution in [3.63, 3.8) is 0 Å². The number of nitrogens with one attached hydrogen (secondary N) is 2. The highest BCUT2D eigenvalue weighted by Crippen LogP contribution is 2.13. The minimum Gasteiger partial charge on any atom is -0.481 e. The Morgan fingerprint density at radius 2 is 2.29 bits per heavy atom. The molecule has 0 aliphatic rings. The fourth-order valence-corrected chi connectivity index (χ4v) is 1.40. The van der Waals surface area contributed by atoms with Gasteiger partial charge in [-0.1, -0.05) is 0 Å². The van der Waals surface area contributed by atoms with Crippen molar-refractivity contribution in [2.45, 2.75) is 6.92 Å². The third-order valence-electron chi connectivity index (χ3n) is 2.07. The lowest BCUT2D eigenvalue weighted by Gasteiger charge is -2.00. The molecule has 0 radical (unpaired) electrons. The second kappa shape index (κ2) is 3.14. The Kier molecular flexibility index (Phi) is 1.96. The molecule has 0 saturated carbocycles. The molecule has 0 aliphatic heterocycles. The molecule has 72 valence electrons. The Bertz CT molecular complexity index is 487. The summed E-state index contributed by atoms with van der Waals surface area (Å²) in [5, 5.41) is 7.50. The molecule has 0 fully saturated rings. The van der Waals surface area contributed by atoms with Gasteiger partial charge in [0.15, 0.2) is 0 Å². The molecule has 1 aromatic carbocycles. The van der Waals surface area contributed by atoms with Gasteiger partial charge in [0.25, 0.3) is 0 Å². The fraction of sp³-hybridized carbons (Fsp3) is 0.200. The van der Waals surface area contributed by atoms with Crippen LogP contribution >= 0.6 is 0 Å². The van der Waals surface area contributed by atoms with Crippen LogP contribution in [0.2, 0.25) is 0 Å². The molecule has 1 aromatic heterocycles. The Hall–Kier alpha value is -1.84. The smallest absolute Gasteiger partial charge is 0.212 e. The molecule has 2 rings (SSSR count). The van der Waals surface area contributed by atoms with Crippen molar-refractivity contribution in [1.29, 1.82) is 5.41 Å². The average Bonchev–Trinajstić information content (AvgIpc) is 2.55. The van der Waals surface area contributed by atoms with Crippen molar-refractivity contribution in [2.75, 3.05) is 7.11 Å². The number of nitrogens with zero attached hydrogens (tertiary/aromatic N) is 1. The summed E-state index contributed by atoms with van der Waals surface area (Å²) in [6.45, 7) is 1.90. The van der Waals surface area contributed by atoms with Crippen molar-refractivity contribution >= 4 is 16.9 Å². The van der Waals surface area contributed by atoms with E-state index < -0.39 is 0 Å². The fourth-order valence-electron chi connectivity index (χ4n) is 1.40. The van der Waals surface area contributed by atoms with Crippen LogP contribution in [0.4, 0.5) is 0 Å². The Morgan fingerprint density at radius 1 is 1.50 bits per heavy atom. The van der Waals surface area contributed by atoms with Crippen LogP contribution < -0.4 is 0 Å². The topological polar surface area (TPSA) is 61.8 Å². The number of imidazole rings is 1. The molecule has 0 spiro atoms. The number of benzene rings is 1. The lowest BCUT2D eigenvalue weighted by Crippen LogP contribution is -2.00. The van der Waals surface area contributed by atoms with Gasteiger partial charge in [0.05, 0.1) is 18.1 Å². The first-order valence-corrected chi connectivity index (χ1v) is 4.30. The average molecular weight is 189 g/mol. The lowest BCUT2D eigenvalue weighted by molar-refractivity contribution is 0.401. The second-order valence-electron chi connectivity index (χ2n) is 3.09. The van der Waals surface area contributed by atoms with E-state index in [1.54, 1.807) is 0 Å². The van der Waals surface area contributed by atoms with E-state index in [1.165, 1.54) is 7.11 Å². The van der Waals surface area contributed by atoms with E-state index >= 15 is 0 Å². The van der Waals surface area contributed by atoms with Crippen LogP contribution in [0, 0.1) is 12.3 Å². The maximum atomic E-state index is 7.50. The first-order valence-electron chi connectivity index (χ1n) is 4.30. The summed E-state index contributed by atoms with van der Waals surface area (Å²) in [4.78, 5) is 7.39. The highest BCUT2D eigenvalue weighted by Gasteiger charge is 2.04. The molecular formula is C10H11N3O. The summed E-state index contributed by atoms with van der Waals surface area (Å²) in [5.41, 5.74) is 2.60. The van der Waals surface area contributed by atoms with Crippen LogP contribution in [-0.2, 0) is 4.74 Å². The highest BCUT2D eigenvalue weighted by molar-refractivity contribution is 5.95. The van der Waals surface area contributed by atoms with E-state index in [4.69, 9.17) is 10.1 Å². The zero-order chi connectivity index (χ0) is 10.1. The molecule has 0 bridgehead atoms. The van der Waals surface area contributed by atoms with Gasteiger partial charge in [-0.05, 0) is 25.1 Å². The van der Waals surface area contributed by atoms with Gasteiger partial charge in [0.2, 0.25) is 5.90 Å². The molecule has 4 heteroatoms. The predicted octanol–water partition coefficient (Wildman–Crippen LogP) is 1.84. The van der Waals surface area contributed by atoms with Crippen molar-refractivity contribution < 1.29 is 4.74 Å². The van der Waals surface area contributed by atoms with Crippen LogP contribution in [-0.4, -0.2) is 23.0 Å². The number of hydrogen-bond donors (Lipinski definition) is 2. The van der Waals surface area contributed by atoms with Gasteiger partial charge < -0.3 is 9.72 Å². The quantitative estimate of drug-likeness (QED) is 0.531. The van der Waals surface area contributed by atoms with Crippen LogP contribution in [0.5, 0.6) is 0 Å². The largest absolute Gasteiger partial charge is 0.481 e. The first-order chi connectivity index (χ1) is 6.70. The van der Waals surface area contributed by atoms with Crippen molar-refractivity contribution in [2.24, 2.45) is 0 Å². The Morgan fingerprint density at radius 3 is 3.00 bits per heavy atom. The molecule has 2 aromatic rings. The first kappa shape index (κ1) is 8.74. The molecule has 0 atom stereocenters. The van der Waals surface area contributed by atoms with Crippen LogP contribution in [0.15, 0.2) is 18.2 Å². The highest BCUT2D eigenvalue weighted by atomic mass is 16.5. The molecule has 4 nitrogen and oxygen atoms in total. The number of ether oxygens (including phenoxy) is 1. The molecule has 0 unspecified atom stereocenters. The van der Waals surface area contributed by atoms with Crippen LogP contribution in [0.1, 0.15) is 11.4 Å². The van der Waals surface area contributed by atoms with Crippen molar-refractivity contribution in [3.8, 4) is 0 Å². The molecule has 0 saturated heterocycles. The minimum absolute atomic E-state index is 0.166. The van der Waals surface area contributed by atoms with Crippen LogP contribution in [0.3, 0.4) is 0 Å². The van der Waals surface area contributed by atoms with Gasteiger partial charge >= 0.3 is 0 Å². The van der Waals surface area contributed by atoms with Crippen LogP contribution in [0.25, 0.3) is 11.0 Å². The van der Waals surface area contributed by atoms with E-state index in [0.29, 0.717) is 0 Å². The Balaban J connectivity index is 2.55. The van der Waals surface area contributed by atoms with Gasteiger partial charge in [-0.2, -0.15) is 0 Å². The molecule has 2 N–H and O–H groups in total. The lowest BCUT2D eigenvalue weighted by atomic mass is 10.2. The van der Waals surface area contributed by atoms with Gasteiger partial charge in [0.1, 0.15) is 5.82 Å². The van der Waals surface area contributed by atoms with Gasteiger partial charge in [-0.25, -0.2) is 4.98 Å². The summed E-state index contributed by atoms with van der Waals surface area (Å²) in [6, 6.07) is 5.57. The molecular weight excluding hydrogens is 178 g/mol. The van der Waals surface area contributed by atoms with Gasteiger partial charge in [-0.15, -0.1) is 0 Å². The number of H-pyrrole nitrogens is 1. The summed E-state index contributed by atoms with van der Waals surface area (Å²) in [6.07, 6.45) is 0. The number of aromatic nitrogens is 2. The number of hydrogen-bond acceptors (Lipinski definition) is 3. The molecule has 0 aliphatic carbocycles. The molecule has 0 amide bonds. The zero-order valence-electron chi connectivity index (χ0n) is 8.09. The Labute approximate surface area is 81.4 Å². The monoisotopic (exact) mass is 189 g/mol. The standard InChI is InChI=1S/C10H11N3O/c1-6-12-8-4-3-7(10(11)14-2)5-9(8)13-6/h3-5,11H,1-2H3,(H,12,13). The normalized spacial score (nSPS) is 10.4. The third kappa shape index (κ3) is 1.35. The second-order valence-corrected chi connectivity index (χ2v) is 3.09. The number of fused-ring (bicyclic) bond motifs is 1. The molecule has 14 heavy (non-hydrogen) atoms. The van der Waals surface area contributed by atoms with Gasteiger partial charge in [0, 0.05) is 5.56 Å². The summed E-state index contributed by atoms with van der Waals surface area (Å²) in [5.74, 6) is 1.04. The van der Waals surface area contributed by atoms with Gasteiger partial charge in [-0.3, -0.25) is 5.41 Å². The molecule has 1 heterocycles. The maximum Gasteiger partial charge on any atom is 0.212 e. The summed E-state index contributed by atoms with van der Waals surface area (Å²) in [7, 11) is 1.49. The number of methoxy groups -OCH3 is 1. The van der Waals surface area contributed by atoms with E-state index in [-0.39, 0.29) is 5.90 Å². The minimum atomic E-state index is 0.166. The maximum absolute atomic E-state index is 7.50. The van der Waals surface area contributed by atoms with E-state index in [2.05, 4.69) is 9.97 Å². The van der Waals surface area contributed by atoms with Crippen molar-refractivity contribution in [3.05, 3.63) is 29.6 Å². The third-order valence-corrected chi connectivity index (χ3v) is 2.07. The van der Waals surface area contributed by atoms with Crippen molar-refractivity contribution in [1.82, 2.24) is 9.97 Å².